The Morgan fingerprint density at radius 1 is 1.22 bits per heavy atom. The van der Waals surface area contributed by atoms with E-state index in [0.717, 1.165) is 6.42 Å². The molecular weight excluding hydrogens is 314 g/mol. The molecule has 0 bridgehead atoms. The zero-order valence-corrected chi connectivity index (χ0v) is 13.6. The molecule has 0 aliphatic carbocycles. The van der Waals surface area contributed by atoms with E-state index in [1.165, 1.54) is 5.56 Å². The van der Waals surface area contributed by atoms with Crippen molar-refractivity contribution in [1.82, 2.24) is 5.06 Å². The van der Waals surface area contributed by atoms with Crippen LogP contribution in [0.1, 0.15) is 28.4 Å². The number of ether oxygens (including phenoxy) is 1. The Morgan fingerprint density at radius 3 is 2.61 bits per heavy atom. The first-order valence-electron chi connectivity index (χ1n) is 7.51. The number of carbonyl (C=O) groups is 1. The van der Waals surface area contributed by atoms with Gasteiger partial charge in [-0.05, 0) is 29.8 Å². The third kappa shape index (κ3) is 3.91. The van der Waals surface area contributed by atoms with Gasteiger partial charge in [-0.2, -0.15) is 5.06 Å². The molecule has 1 heterocycles. The molecule has 1 saturated heterocycles. The molecule has 0 N–H and O–H groups in total. The Hall–Kier alpha value is -1.88. The Bertz CT molecular complexity index is 660. The van der Waals surface area contributed by atoms with E-state index in [0.29, 0.717) is 10.6 Å². The topological polar surface area (TPSA) is 38.8 Å². The molecule has 1 aliphatic heterocycles. The van der Waals surface area contributed by atoms with Gasteiger partial charge in [0.05, 0.1) is 11.6 Å². The van der Waals surface area contributed by atoms with Gasteiger partial charge in [0.25, 0.3) is 0 Å². The van der Waals surface area contributed by atoms with Crippen molar-refractivity contribution in [3.05, 3.63) is 70.7 Å². The molecule has 0 unspecified atom stereocenters. The van der Waals surface area contributed by atoms with Crippen LogP contribution in [0.4, 0.5) is 0 Å². The average molecular weight is 332 g/mol. The van der Waals surface area contributed by atoms with E-state index in [2.05, 4.69) is 12.1 Å². The van der Waals surface area contributed by atoms with Crippen LogP contribution in [-0.2, 0) is 9.57 Å². The summed E-state index contributed by atoms with van der Waals surface area (Å²) in [5, 5.41) is 2.42. The summed E-state index contributed by atoms with van der Waals surface area (Å²) >= 11 is 5.81. The van der Waals surface area contributed by atoms with Crippen LogP contribution in [0, 0.1) is 0 Å². The van der Waals surface area contributed by atoms with E-state index < -0.39 is 0 Å². The molecule has 120 valence electrons. The number of carbonyl (C=O) groups excluding carboxylic acids is 1. The molecule has 1 fully saturated rings. The summed E-state index contributed by atoms with van der Waals surface area (Å²) in [5.74, 6) is -0.365. The van der Waals surface area contributed by atoms with Gasteiger partial charge in [-0.15, -0.1) is 0 Å². The van der Waals surface area contributed by atoms with Crippen LogP contribution >= 0.6 is 11.6 Å². The van der Waals surface area contributed by atoms with E-state index in [9.17, 15) is 4.79 Å². The van der Waals surface area contributed by atoms with Gasteiger partial charge in [-0.1, -0.05) is 41.9 Å². The van der Waals surface area contributed by atoms with Crippen molar-refractivity contribution in [1.29, 1.82) is 0 Å². The summed E-state index contributed by atoms with van der Waals surface area (Å²) in [6.07, 6.45) is 0.649. The van der Waals surface area contributed by atoms with Gasteiger partial charge in [-0.25, -0.2) is 4.79 Å². The van der Waals surface area contributed by atoms with Crippen molar-refractivity contribution in [3.63, 3.8) is 0 Å². The normalized spacial score (nSPS) is 21.3. The van der Waals surface area contributed by atoms with Crippen molar-refractivity contribution in [3.8, 4) is 0 Å². The molecule has 1 aliphatic rings. The zero-order valence-electron chi connectivity index (χ0n) is 12.8. The summed E-state index contributed by atoms with van der Waals surface area (Å²) in [4.78, 5) is 17.8. The Kier molecular flexibility index (Phi) is 4.96. The highest BCUT2D eigenvalue weighted by Crippen LogP contribution is 2.32. The minimum atomic E-state index is -0.365. The van der Waals surface area contributed by atoms with Crippen LogP contribution in [0.2, 0.25) is 5.02 Å². The van der Waals surface area contributed by atoms with Crippen molar-refractivity contribution in [2.24, 2.45) is 0 Å². The summed E-state index contributed by atoms with van der Waals surface area (Å²) in [6, 6.07) is 17.0. The molecule has 5 heteroatoms. The number of hydrogen-bond acceptors (Lipinski definition) is 4. The SMILES string of the molecule is CN1O[C@@H](COC(=O)c2ccc(Cl)cc2)C[C@H]1c1ccccc1. The molecule has 2 aromatic rings. The fourth-order valence-electron chi connectivity index (χ4n) is 2.71. The van der Waals surface area contributed by atoms with E-state index in [4.69, 9.17) is 21.2 Å². The molecule has 2 aromatic carbocycles. The second-order valence-corrected chi connectivity index (χ2v) is 5.98. The standard InChI is InChI=1S/C18H18ClNO3/c1-20-17(13-5-3-2-4-6-13)11-16(23-20)12-22-18(21)14-7-9-15(19)10-8-14/h2-10,16-17H,11-12H2,1H3/t16-,17+/m1/s1. The minimum absolute atomic E-state index is 0.138. The highest BCUT2D eigenvalue weighted by atomic mass is 35.5. The van der Waals surface area contributed by atoms with Crippen molar-refractivity contribution in [2.75, 3.05) is 13.7 Å². The maximum absolute atomic E-state index is 12.0. The molecule has 0 spiro atoms. The molecule has 2 atom stereocenters. The van der Waals surface area contributed by atoms with Gasteiger partial charge >= 0.3 is 5.97 Å². The summed E-state index contributed by atoms with van der Waals surface area (Å²) in [7, 11) is 1.90. The second-order valence-electron chi connectivity index (χ2n) is 5.54. The Labute approximate surface area is 140 Å². The zero-order chi connectivity index (χ0) is 16.2. The van der Waals surface area contributed by atoms with E-state index in [-0.39, 0.29) is 24.7 Å². The van der Waals surface area contributed by atoms with Gasteiger partial charge < -0.3 is 4.74 Å². The molecule has 0 saturated carbocycles. The maximum atomic E-state index is 12.0. The number of nitrogens with zero attached hydrogens (tertiary/aromatic N) is 1. The lowest BCUT2D eigenvalue weighted by molar-refractivity contribution is -0.153. The van der Waals surface area contributed by atoms with E-state index >= 15 is 0 Å². The fraction of sp³-hybridized carbons (Fsp3) is 0.278. The highest BCUT2D eigenvalue weighted by Gasteiger charge is 2.32. The minimum Gasteiger partial charge on any atom is -0.459 e. The van der Waals surface area contributed by atoms with Crippen LogP contribution in [0.3, 0.4) is 0 Å². The number of halogens is 1. The van der Waals surface area contributed by atoms with Gasteiger partial charge in [0, 0.05) is 18.5 Å². The number of hydroxylamine groups is 2. The molecule has 3 rings (SSSR count). The van der Waals surface area contributed by atoms with E-state index in [1.54, 1.807) is 24.3 Å². The smallest absolute Gasteiger partial charge is 0.338 e. The van der Waals surface area contributed by atoms with Crippen molar-refractivity contribution < 1.29 is 14.4 Å². The Balaban J connectivity index is 1.55. The quantitative estimate of drug-likeness (QED) is 0.797. The second kappa shape index (κ2) is 7.13. The average Bonchev–Trinajstić information content (AvgIpc) is 2.95. The lowest BCUT2D eigenvalue weighted by atomic mass is 10.0. The first kappa shape index (κ1) is 16.0. The molecular formula is C18H18ClNO3. The molecule has 4 nitrogen and oxygen atoms in total. The molecule has 0 aromatic heterocycles. The number of esters is 1. The van der Waals surface area contributed by atoms with Crippen molar-refractivity contribution >= 4 is 17.6 Å². The van der Waals surface area contributed by atoms with Gasteiger partial charge in [0.15, 0.2) is 0 Å². The van der Waals surface area contributed by atoms with Crippen LogP contribution < -0.4 is 0 Å². The van der Waals surface area contributed by atoms with Crippen molar-refractivity contribution in [2.45, 2.75) is 18.6 Å². The number of benzene rings is 2. The van der Waals surface area contributed by atoms with Crippen LogP contribution in [0.5, 0.6) is 0 Å². The molecule has 0 radical (unpaired) electrons. The molecule has 23 heavy (non-hydrogen) atoms. The highest BCUT2D eigenvalue weighted by molar-refractivity contribution is 6.30. The van der Waals surface area contributed by atoms with E-state index in [1.807, 2.05) is 30.3 Å². The monoisotopic (exact) mass is 331 g/mol. The largest absolute Gasteiger partial charge is 0.459 e. The first-order chi connectivity index (χ1) is 11.1. The van der Waals surface area contributed by atoms with Crippen LogP contribution in [0.15, 0.2) is 54.6 Å². The predicted octanol–water partition coefficient (Wildman–Crippen LogP) is 3.87. The lowest BCUT2D eigenvalue weighted by Gasteiger charge is -2.17. The fourth-order valence-corrected chi connectivity index (χ4v) is 2.83. The lowest BCUT2D eigenvalue weighted by Crippen LogP contribution is -2.20. The molecule has 0 amide bonds. The maximum Gasteiger partial charge on any atom is 0.338 e. The van der Waals surface area contributed by atoms with Crippen LogP contribution in [-0.4, -0.2) is 30.8 Å². The summed E-state index contributed by atoms with van der Waals surface area (Å²) < 4.78 is 5.35. The van der Waals surface area contributed by atoms with Crippen LogP contribution in [0.25, 0.3) is 0 Å². The van der Waals surface area contributed by atoms with Gasteiger partial charge in [0.2, 0.25) is 0 Å². The number of rotatable bonds is 4. The first-order valence-corrected chi connectivity index (χ1v) is 7.88. The summed E-state index contributed by atoms with van der Waals surface area (Å²) in [5.41, 5.74) is 1.68. The summed E-state index contributed by atoms with van der Waals surface area (Å²) in [6.45, 7) is 0.231. The number of hydrogen-bond donors (Lipinski definition) is 0. The predicted molar refractivity (Wildman–Crippen MR) is 88.2 cm³/mol. The van der Waals surface area contributed by atoms with Gasteiger partial charge in [-0.3, -0.25) is 4.84 Å². The van der Waals surface area contributed by atoms with Gasteiger partial charge in [0.1, 0.15) is 12.7 Å². The third-order valence-corrected chi connectivity index (χ3v) is 4.16. The Morgan fingerprint density at radius 2 is 1.91 bits per heavy atom. The third-order valence-electron chi connectivity index (χ3n) is 3.90.